The van der Waals surface area contributed by atoms with Crippen molar-refractivity contribution in [3.63, 3.8) is 0 Å². The molecule has 2 bridgehead atoms. The highest BCUT2D eigenvalue weighted by molar-refractivity contribution is 5.95. The molecule has 2 atom stereocenters. The fourth-order valence-electron chi connectivity index (χ4n) is 13.1. The molecule has 0 amide bonds. The van der Waals surface area contributed by atoms with E-state index in [1.807, 2.05) is 72.8 Å². The smallest absolute Gasteiger partial charge is 0.160 e. The van der Waals surface area contributed by atoms with E-state index in [9.17, 15) is 0 Å². The number of hydrogen-bond acceptors (Lipinski definition) is 8. The molecule has 0 radical (unpaired) electrons. The van der Waals surface area contributed by atoms with Crippen molar-refractivity contribution in [1.29, 1.82) is 0 Å². The van der Waals surface area contributed by atoms with Crippen LogP contribution in [0.15, 0.2) is 291 Å². The van der Waals surface area contributed by atoms with Gasteiger partial charge in [-0.1, -0.05) is 255 Å². The van der Waals surface area contributed by atoms with E-state index < -0.39 is 0 Å². The van der Waals surface area contributed by atoms with Gasteiger partial charge >= 0.3 is 0 Å². The Kier molecular flexibility index (Phi) is 12.2. The maximum absolute atomic E-state index is 5.39. The first-order valence-electron chi connectivity index (χ1n) is 29.7. The van der Waals surface area contributed by atoms with Gasteiger partial charge in [0.25, 0.3) is 0 Å². The number of benzene rings is 11. The average molecular weight is 1120 g/mol. The van der Waals surface area contributed by atoms with E-state index in [2.05, 4.69) is 218 Å². The molecule has 2 unspecified atom stereocenters. The molecule has 0 saturated carbocycles. The second-order valence-electron chi connectivity index (χ2n) is 22.6. The van der Waals surface area contributed by atoms with E-state index in [1.165, 1.54) is 33.4 Å². The Bertz CT molecular complexity index is 4870. The second kappa shape index (κ2) is 21.1. The van der Waals surface area contributed by atoms with E-state index in [0.29, 0.717) is 23.3 Å². The molecule has 8 nitrogen and oxygen atoms in total. The van der Waals surface area contributed by atoms with Crippen molar-refractivity contribution < 1.29 is 0 Å². The minimum absolute atomic E-state index is 0.00812. The third-order valence-electron chi connectivity index (χ3n) is 17.3. The topological polar surface area (TPSA) is 103 Å². The summed E-state index contributed by atoms with van der Waals surface area (Å²) in [6.07, 6.45) is 0. The lowest BCUT2D eigenvalue weighted by molar-refractivity contribution is 0.754. The van der Waals surface area contributed by atoms with Crippen LogP contribution >= 0.6 is 0 Å². The highest BCUT2D eigenvalue weighted by atomic mass is 14.9. The summed E-state index contributed by atoms with van der Waals surface area (Å²) in [5.41, 5.74) is 24.6. The van der Waals surface area contributed by atoms with Gasteiger partial charge in [0.05, 0.1) is 45.2 Å². The SMILES string of the molecule is c1ccc(-c2cc(-c3ccc(-c4nc(-c5ccccc5)nc5ccccc45)cc3)nc(-c3ccc4c(c3)C3c5ccccc5C4c4cc(-c5nc(-c6ccccc6)cc(-c6ccc(-c7nc(-c8ccccc8)nc8ccccc78)cc6)n5)ccc43)n2)cc1. The zero-order chi connectivity index (χ0) is 58.1. The van der Waals surface area contributed by atoms with E-state index in [1.54, 1.807) is 0 Å². The zero-order valence-electron chi connectivity index (χ0n) is 47.4. The Labute approximate surface area is 508 Å². The summed E-state index contributed by atoms with van der Waals surface area (Å²) < 4.78 is 0. The summed E-state index contributed by atoms with van der Waals surface area (Å²) in [6.45, 7) is 0. The molecule has 0 fully saturated rings. The summed E-state index contributed by atoms with van der Waals surface area (Å²) in [6, 6.07) is 102. The first kappa shape index (κ1) is 50.7. The lowest BCUT2D eigenvalue weighted by atomic mass is 9.61. The van der Waals surface area contributed by atoms with Gasteiger partial charge in [-0.25, -0.2) is 39.9 Å². The van der Waals surface area contributed by atoms with Crippen LogP contribution in [0, 0.1) is 0 Å². The van der Waals surface area contributed by atoms with Crippen molar-refractivity contribution in [1.82, 2.24) is 39.9 Å². The third-order valence-corrected chi connectivity index (χ3v) is 17.3. The Balaban J connectivity index is 0.734. The summed E-state index contributed by atoms with van der Waals surface area (Å²) in [7, 11) is 0. The van der Waals surface area contributed by atoms with Crippen LogP contribution in [-0.4, -0.2) is 39.9 Å². The van der Waals surface area contributed by atoms with Gasteiger partial charge in [0, 0.05) is 78.2 Å². The van der Waals surface area contributed by atoms with E-state index in [4.69, 9.17) is 39.9 Å². The van der Waals surface area contributed by atoms with Crippen LogP contribution in [0.5, 0.6) is 0 Å². The van der Waals surface area contributed by atoms with E-state index >= 15 is 0 Å². The van der Waals surface area contributed by atoms with Gasteiger partial charge in [0.1, 0.15) is 0 Å². The summed E-state index contributed by atoms with van der Waals surface area (Å²) >= 11 is 0. The third kappa shape index (κ3) is 8.93. The van der Waals surface area contributed by atoms with Gasteiger partial charge in [-0.15, -0.1) is 0 Å². The molecule has 3 aliphatic carbocycles. The molecule has 8 heteroatoms. The molecule has 0 saturated heterocycles. The van der Waals surface area contributed by atoms with Gasteiger partial charge < -0.3 is 0 Å². The van der Waals surface area contributed by atoms with Crippen molar-refractivity contribution in [3.05, 3.63) is 325 Å². The maximum atomic E-state index is 5.39. The van der Waals surface area contributed by atoms with Crippen LogP contribution in [0.25, 0.3) is 135 Å². The van der Waals surface area contributed by atoms with Crippen LogP contribution in [0.1, 0.15) is 45.2 Å². The largest absolute Gasteiger partial charge is 0.228 e. The number of para-hydroxylation sites is 2. The number of nitrogens with zero attached hydrogens (tertiary/aromatic N) is 8. The number of aromatic nitrogens is 8. The van der Waals surface area contributed by atoms with Crippen molar-refractivity contribution in [2.45, 2.75) is 11.8 Å². The molecule has 18 rings (SSSR count). The van der Waals surface area contributed by atoms with Gasteiger partial charge in [0.15, 0.2) is 23.3 Å². The monoisotopic (exact) mass is 1120 g/mol. The molecule has 11 aromatic carbocycles. The molecule has 88 heavy (non-hydrogen) atoms. The molecule has 4 aromatic heterocycles. The minimum Gasteiger partial charge on any atom is -0.228 e. The normalized spacial score (nSPS) is 13.7. The molecule has 0 N–H and O–H groups in total. The molecule has 410 valence electrons. The number of hydrogen-bond donors (Lipinski definition) is 0. The van der Waals surface area contributed by atoms with Gasteiger partial charge in [-0.05, 0) is 69.8 Å². The van der Waals surface area contributed by atoms with Gasteiger partial charge in [0.2, 0.25) is 0 Å². The van der Waals surface area contributed by atoms with Crippen LogP contribution < -0.4 is 0 Å². The molecule has 15 aromatic rings. The molecule has 0 aliphatic heterocycles. The van der Waals surface area contributed by atoms with Crippen LogP contribution in [0.2, 0.25) is 0 Å². The van der Waals surface area contributed by atoms with Crippen molar-refractivity contribution in [2.75, 3.05) is 0 Å². The number of fused-ring (bicyclic) bond motifs is 2. The molecular weight excluding hydrogens is 1070 g/mol. The summed E-state index contributed by atoms with van der Waals surface area (Å²) in [5.74, 6) is 2.72. The van der Waals surface area contributed by atoms with Crippen molar-refractivity contribution >= 4 is 21.8 Å². The summed E-state index contributed by atoms with van der Waals surface area (Å²) in [5, 5.41) is 2.00. The number of rotatable bonds is 10. The fourth-order valence-corrected chi connectivity index (χ4v) is 13.1. The molecule has 3 aliphatic rings. The van der Waals surface area contributed by atoms with Crippen LogP contribution in [0.4, 0.5) is 0 Å². The summed E-state index contributed by atoms with van der Waals surface area (Å²) in [4.78, 5) is 41.7. The van der Waals surface area contributed by atoms with Gasteiger partial charge in [-0.2, -0.15) is 0 Å². The first-order chi connectivity index (χ1) is 43.6. The highest BCUT2D eigenvalue weighted by Crippen LogP contribution is 2.57. The maximum Gasteiger partial charge on any atom is 0.160 e. The second-order valence-corrected chi connectivity index (χ2v) is 22.6. The van der Waals surface area contributed by atoms with Crippen molar-refractivity contribution in [3.8, 4) is 113 Å². The van der Waals surface area contributed by atoms with E-state index in [-0.39, 0.29) is 11.8 Å². The molecular formula is C80H50N8. The first-order valence-corrected chi connectivity index (χ1v) is 29.7. The standard InChI is InChI=1S/C80H50N8/c1-5-19-49(20-6-1)69-47-71(51-33-37-53(38-34-51)75-63-29-15-17-31-67(63)81-77(87-75)55-23-9-3-10-24-55)85-79(83-69)57-41-43-61-65(45-57)73-59-27-13-14-28-60(59)74(61)66-46-58(42-44-62(66)73)80-84-70(50-21-7-2-8-22-50)48-72(86-80)52-35-39-54(40-36-52)76-64-30-16-18-32-68(64)82-78(88-76)56-25-11-4-12-26-56/h1-48,73-74H. The van der Waals surface area contributed by atoms with Crippen LogP contribution in [-0.2, 0) is 0 Å². The molecule has 0 spiro atoms. The minimum atomic E-state index is -0.00812. The average Bonchev–Trinajstić information content (AvgIpc) is 0.882. The fraction of sp³-hybridized carbons (Fsp3) is 0.0250. The Morgan fingerprint density at radius 2 is 0.466 bits per heavy atom. The molecule has 4 heterocycles. The van der Waals surface area contributed by atoms with Crippen LogP contribution in [0.3, 0.4) is 0 Å². The van der Waals surface area contributed by atoms with Gasteiger partial charge in [-0.3, -0.25) is 0 Å². The van der Waals surface area contributed by atoms with E-state index in [0.717, 1.165) is 112 Å². The zero-order valence-corrected chi connectivity index (χ0v) is 47.4. The predicted molar refractivity (Wildman–Crippen MR) is 353 cm³/mol. The van der Waals surface area contributed by atoms with Crippen molar-refractivity contribution in [2.24, 2.45) is 0 Å². The quantitative estimate of drug-likeness (QED) is 0.133. The highest BCUT2D eigenvalue weighted by Gasteiger charge is 2.41. The Morgan fingerprint density at radius 3 is 0.852 bits per heavy atom. The predicted octanol–water partition coefficient (Wildman–Crippen LogP) is 18.8. The lowest BCUT2D eigenvalue weighted by Gasteiger charge is -2.42. The Morgan fingerprint density at radius 1 is 0.182 bits per heavy atom. The lowest BCUT2D eigenvalue weighted by Crippen LogP contribution is -2.27. The Hall–Kier alpha value is -11.7.